The van der Waals surface area contributed by atoms with Gasteiger partial charge in [-0.15, -0.1) is 11.3 Å². The number of aromatic carboxylic acids is 1. The van der Waals surface area contributed by atoms with Gasteiger partial charge < -0.3 is 10.0 Å². The quantitative estimate of drug-likeness (QED) is 0.334. The van der Waals surface area contributed by atoms with Crippen molar-refractivity contribution in [3.05, 3.63) is 113 Å². The summed E-state index contributed by atoms with van der Waals surface area (Å²) < 4.78 is 27.8. The molecule has 0 saturated carbocycles. The lowest BCUT2D eigenvalue weighted by Crippen LogP contribution is -2.24. The first-order valence-electron chi connectivity index (χ1n) is 10.2. The van der Waals surface area contributed by atoms with Crippen molar-refractivity contribution >= 4 is 38.7 Å². The highest BCUT2D eigenvalue weighted by molar-refractivity contribution is 7.94. The van der Waals surface area contributed by atoms with E-state index in [0.29, 0.717) is 18.8 Å². The van der Waals surface area contributed by atoms with E-state index in [4.69, 9.17) is 0 Å². The van der Waals surface area contributed by atoms with Crippen molar-refractivity contribution in [1.29, 1.82) is 0 Å². The molecule has 0 atom stereocenters. The van der Waals surface area contributed by atoms with Gasteiger partial charge in [-0.1, -0.05) is 66.7 Å². The van der Waals surface area contributed by atoms with Crippen LogP contribution >= 0.6 is 11.3 Å². The van der Waals surface area contributed by atoms with Crippen LogP contribution < -0.4 is 9.62 Å². The van der Waals surface area contributed by atoms with Crippen LogP contribution in [0.25, 0.3) is 0 Å². The number of carboxylic acids is 1. The summed E-state index contributed by atoms with van der Waals surface area (Å²) in [6, 6.07) is 27.3. The van der Waals surface area contributed by atoms with Crippen LogP contribution in [-0.2, 0) is 23.1 Å². The molecule has 8 heteroatoms. The molecular weight excluding hydrogens is 456 g/mol. The summed E-state index contributed by atoms with van der Waals surface area (Å²) in [5, 5.41) is 11.6. The highest BCUT2D eigenvalue weighted by Crippen LogP contribution is 2.29. The standard InChI is InChI=1S/C25H22N2O4S2/c28-25(29)22-16-21(26-33(30,31)24-12-7-15-32-24)13-14-23(22)27(17-19-8-3-1-4-9-19)18-20-10-5-2-6-11-20/h1-16,26H,17-18H2,(H,28,29). The third kappa shape index (κ3) is 5.60. The molecule has 0 fully saturated rings. The Morgan fingerprint density at radius 3 is 1.97 bits per heavy atom. The number of sulfonamides is 1. The Morgan fingerprint density at radius 2 is 1.45 bits per heavy atom. The van der Waals surface area contributed by atoms with Crippen LogP contribution in [0.5, 0.6) is 0 Å². The van der Waals surface area contributed by atoms with Crippen molar-refractivity contribution in [3.8, 4) is 0 Å². The van der Waals surface area contributed by atoms with Crippen LogP contribution in [0.2, 0.25) is 0 Å². The zero-order valence-corrected chi connectivity index (χ0v) is 19.2. The Morgan fingerprint density at radius 1 is 0.848 bits per heavy atom. The summed E-state index contributed by atoms with van der Waals surface area (Å²) in [7, 11) is -3.78. The number of carboxylic acid groups (broad SMARTS) is 1. The van der Waals surface area contributed by atoms with E-state index >= 15 is 0 Å². The molecule has 0 amide bonds. The van der Waals surface area contributed by atoms with Gasteiger partial charge in [-0.05, 0) is 40.8 Å². The number of anilines is 2. The van der Waals surface area contributed by atoms with Gasteiger partial charge in [-0.25, -0.2) is 13.2 Å². The van der Waals surface area contributed by atoms with Crippen LogP contribution in [0, 0.1) is 0 Å². The maximum absolute atomic E-state index is 12.6. The summed E-state index contributed by atoms with van der Waals surface area (Å²) in [5.74, 6) is -1.13. The Bertz CT molecular complexity index is 1280. The lowest BCUT2D eigenvalue weighted by atomic mass is 10.1. The van der Waals surface area contributed by atoms with Crippen LogP contribution in [-0.4, -0.2) is 19.5 Å². The number of rotatable bonds is 9. The van der Waals surface area contributed by atoms with Crippen molar-refractivity contribution in [1.82, 2.24) is 0 Å². The maximum atomic E-state index is 12.6. The largest absolute Gasteiger partial charge is 0.478 e. The lowest BCUT2D eigenvalue weighted by Gasteiger charge is -2.27. The van der Waals surface area contributed by atoms with Crippen molar-refractivity contribution in [2.24, 2.45) is 0 Å². The molecule has 0 bridgehead atoms. The molecule has 6 nitrogen and oxygen atoms in total. The predicted octanol–water partition coefficient (Wildman–Crippen LogP) is 5.45. The molecule has 1 aromatic heterocycles. The molecule has 33 heavy (non-hydrogen) atoms. The molecule has 4 aromatic rings. The first-order valence-corrected chi connectivity index (χ1v) is 12.5. The Labute approximate surface area is 196 Å². The third-order valence-corrected chi connectivity index (χ3v) is 7.79. The Balaban J connectivity index is 1.70. The molecule has 0 saturated heterocycles. The fraction of sp³-hybridized carbons (Fsp3) is 0.0800. The van der Waals surface area contributed by atoms with E-state index in [1.807, 2.05) is 65.6 Å². The number of nitrogens with zero attached hydrogens (tertiary/aromatic N) is 1. The minimum absolute atomic E-state index is 0.0215. The van der Waals surface area contributed by atoms with Crippen molar-refractivity contribution in [3.63, 3.8) is 0 Å². The number of hydrogen-bond donors (Lipinski definition) is 2. The Hall–Kier alpha value is -3.62. The van der Waals surface area contributed by atoms with E-state index in [9.17, 15) is 18.3 Å². The lowest BCUT2D eigenvalue weighted by molar-refractivity contribution is 0.0697. The van der Waals surface area contributed by atoms with Gasteiger partial charge in [0.2, 0.25) is 0 Å². The van der Waals surface area contributed by atoms with E-state index in [2.05, 4.69) is 4.72 Å². The second-order valence-electron chi connectivity index (χ2n) is 7.40. The molecule has 0 aliphatic heterocycles. The molecule has 168 valence electrons. The van der Waals surface area contributed by atoms with Crippen LogP contribution in [0.3, 0.4) is 0 Å². The topological polar surface area (TPSA) is 86.7 Å². The van der Waals surface area contributed by atoms with Crippen molar-refractivity contribution < 1.29 is 18.3 Å². The van der Waals surface area contributed by atoms with Gasteiger partial charge in [-0.2, -0.15) is 0 Å². The average molecular weight is 479 g/mol. The minimum atomic E-state index is -3.78. The van der Waals surface area contributed by atoms with Crippen LogP contribution in [0.4, 0.5) is 11.4 Å². The summed E-state index contributed by atoms with van der Waals surface area (Å²) >= 11 is 1.10. The molecule has 0 aliphatic rings. The number of benzene rings is 3. The van der Waals surface area contributed by atoms with E-state index in [-0.39, 0.29) is 15.5 Å². The third-order valence-electron chi connectivity index (χ3n) is 5.01. The minimum Gasteiger partial charge on any atom is -0.478 e. The summed E-state index contributed by atoms with van der Waals surface area (Å²) in [6.07, 6.45) is 0. The molecule has 4 rings (SSSR count). The second-order valence-corrected chi connectivity index (χ2v) is 10.3. The first-order chi connectivity index (χ1) is 15.9. The zero-order chi connectivity index (χ0) is 23.3. The van der Waals surface area contributed by atoms with Gasteiger partial charge >= 0.3 is 5.97 Å². The zero-order valence-electron chi connectivity index (χ0n) is 17.6. The van der Waals surface area contributed by atoms with Crippen molar-refractivity contribution in [2.75, 3.05) is 9.62 Å². The van der Waals surface area contributed by atoms with E-state index in [0.717, 1.165) is 22.5 Å². The first kappa shape index (κ1) is 22.6. The van der Waals surface area contributed by atoms with Gasteiger partial charge in [0.05, 0.1) is 11.3 Å². The highest BCUT2D eigenvalue weighted by Gasteiger charge is 2.21. The molecular formula is C25H22N2O4S2. The average Bonchev–Trinajstić information content (AvgIpc) is 3.36. The fourth-order valence-electron chi connectivity index (χ4n) is 3.50. The SMILES string of the molecule is O=C(O)c1cc(NS(=O)(=O)c2cccs2)ccc1N(Cc1ccccc1)Cc1ccccc1. The summed E-state index contributed by atoms with van der Waals surface area (Å²) in [5.41, 5.74) is 2.80. The molecule has 2 N–H and O–H groups in total. The molecule has 3 aromatic carbocycles. The number of carbonyl (C=O) groups is 1. The van der Waals surface area contributed by atoms with Gasteiger partial charge in [0.25, 0.3) is 10.0 Å². The van der Waals surface area contributed by atoms with E-state index < -0.39 is 16.0 Å². The highest BCUT2D eigenvalue weighted by atomic mass is 32.2. The summed E-state index contributed by atoms with van der Waals surface area (Å²) in [6.45, 7) is 0.993. The normalized spacial score (nSPS) is 11.2. The number of thiophene rings is 1. The molecule has 1 heterocycles. The summed E-state index contributed by atoms with van der Waals surface area (Å²) in [4.78, 5) is 14.2. The van der Waals surface area contributed by atoms with Gasteiger partial charge in [0, 0.05) is 18.8 Å². The van der Waals surface area contributed by atoms with Crippen LogP contribution in [0.15, 0.2) is 101 Å². The van der Waals surface area contributed by atoms with Gasteiger partial charge in [0.15, 0.2) is 0 Å². The van der Waals surface area contributed by atoms with E-state index in [1.54, 1.807) is 23.6 Å². The number of hydrogen-bond acceptors (Lipinski definition) is 5. The van der Waals surface area contributed by atoms with Crippen molar-refractivity contribution in [2.45, 2.75) is 17.3 Å². The monoisotopic (exact) mass is 478 g/mol. The second kappa shape index (κ2) is 9.89. The van der Waals surface area contributed by atoms with E-state index in [1.165, 1.54) is 12.1 Å². The smallest absolute Gasteiger partial charge is 0.337 e. The molecule has 0 aliphatic carbocycles. The Kier molecular flexibility index (Phi) is 6.76. The van der Waals surface area contributed by atoms with Gasteiger partial charge in [-0.3, -0.25) is 4.72 Å². The number of nitrogens with one attached hydrogen (secondary N) is 1. The molecule has 0 spiro atoms. The maximum Gasteiger partial charge on any atom is 0.337 e. The molecule has 0 radical (unpaired) electrons. The predicted molar refractivity (Wildman–Crippen MR) is 131 cm³/mol. The fourth-order valence-corrected chi connectivity index (χ4v) is 5.54. The van der Waals surface area contributed by atoms with Crippen LogP contribution in [0.1, 0.15) is 21.5 Å². The molecule has 0 unspecified atom stereocenters. The van der Waals surface area contributed by atoms with Gasteiger partial charge in [0.1, 0.15) is 4.21 Å².